The van der Waals surface area contributed by atoms with E-state index in [0.29, 0.717) is 0 Å². The molecule has 0 radical (unpaired) electrons. The summed E-state index contributed by atoms with van der Waals surface area (Å²) in [6, 6.07) is 0. The molecule has 0 aromatic carbocycles. The summed E-state index contributed by atoms with van der Waals surface area (Å²) >= 11 is 0. The molecule has 0 bridgehead atoms. The van der Waals surface area contributed by atoms with Gasteiger partial charge < -0.3 is 5.11 Å². The molecule has 0 fully saturated rings. The van der Waals surface area contributed by atoms with Crippen molar-refractivity contribution in [2.45, 2.75) is 71.6 Å². The van der Waals surface area contributed by atoms with E-state index in [1.54, 1.807) is 4.57 Å². The third-order valence-corrected chi connectivity index (χ3v) is 3.18. The molecule has 10 heteroatoms. The van der Waals surface area contributed by atoms with Crippen molar-refractivity contribution in [2.75, 3.05) is 0 Å². The fraction of sp³-hybridized carbons (Fsp3) is 0.786. The predicted octanol–water partition coefficient (Wildman–Crippen LogP) is 6.25. The van der Waals surface area contributed by atoms with Gasteiger partial charge in [-0.1, -0.05) is 45.4 Å². The van der Waals surface area contributed by atoms with Crippen molar-refractivity contribution >= 4 is 7.81 Å². The van der Waals surface area contributed by atoms with Gasteiger partial charge in [0.25, 0.3) is 0 Å². The Balaban J connectivity index is 0.000000640. The third kappa shape index (κ3) is 21.2. The zero-order valence-corrected chi connectivity index (χ0v) is 14.8. The number of halogens is 6. The van der Waals surface area contributed by atoms with Crippen LogP contribution in [0.5, 0.6) is 0 Å². The fourth-order valence-corrected chi connectivity index (χ4v) is 2.08. The van der Waals surface area contributed by atoms with Gasteiger partial charge in [0.05, 0.1) is 6.54 Å². The van der Waals surface area contributed by atoms with E-state index >= 15 is 0 Å². The third-order valence-electron chi connectivity index (χ3n) is 3.18. The van der Waals surface area contributed by atoms with Gasteiger partial charge in [-0.2, -0.15) is 0 Å². The topological polar surface area (TPSA) is 29.0 Å². The van der Waals surface area contributed by atoms with Crippen molar-refractivity contribution in [3.05, 3.63) is 18.7 Å². The van der Waals surface area contributed by atoms with Crippen molar-refractivity contribution in [3.8, 4) is 0 Å². The first kappa shape index (κ1) is 23.2. The maximum absolute atomic E-state index is 10.7. The molecule has 146 valence electrons. The van der Waals surface area contributed by atoms with Crippen molar-refractivity contribution < 1.29 is 34.9 Å². The number of hydrogen-bond acceptors (Lipinski definition) is 1. The van der Waals surface area contributed by atoms with Gasteiger partial charge in [-0.05, 0) is 12.8 Å². The van der Waals surface area contributed by atoms with Crippen LogP contribution in [0.3, 0.4) is 0 Å². The number of aliphatic hydroxyl groups is 1. The average molecular weight is 384 g/mol. The second kappa shape index (κ2) is 9.04. The van der Waals surface area contributed by atoms with Crippen LogP contribution in [0.15, 0.2) is 18.7 Å². The SMILES string of the molecule is CCCCCCCCCC[n+]1ccn(CO)c1.F[P-](F)(F)(F)(F)F. The van der Waals surface area contributed by atoms with Crippen molar-refractivity contribution in [3.63, 3.8) is 0 Å². The Morgan fingerprint density at radius 2 is 1.33 bits per heavy atom. The van der Waals surface area contributed by atoms with Gasteiger partial charge in [0.15, 0.2) is 6.73 Å². The van der Waals surface area contributed by atoms with Crippen LogP contribution in [-0.4, -0.2) is 9.67 Å². The number of hydrogen-bond donors (Lipinski definition) is 1. The molecular weight excluding hydrogens is 357 g/mol. The average Bonchev–Trinajstić information content (AvgIpc) is 2.86. The van der Waals surface area contributed by atoms with Gasteiger partial charge in [-0.25, -0.2) is 9.13 Å². The molecule has 0 aliphatic heterocycles. The van der Waals surface area contributed by atoms with Crippen LogP contribution in [0, 0.1) is 0 Å². The minimum absolute atomic E-state index is 0.0738. The predicted molar refractivity (Wildman–Crippen MR) is 83.0 cm³/mol. The molecule has 0 amide bonds. The van der Waals surface area contributed by atoms with Gasteiger partial charge in [0, 0.05) is 0 Å². The monoisotopic (exact) mass is 384 g/mol. The normalized spacial score (nSPS) is 14.5. The molecule has 0 atom stereocenters. The van der Waals surface area contributed by atoms with Crippen LogP contribution in [0.1, 0.15) is 58.3 Å². The van der Waals surface area contributed by atoms with Crippen molar-refractivity contribution in [1.82, 2.24) is 4.57 Å². The second-order valence-corrected chi connectivity index (χ2v) is 7.66. The molecular formula is C14H27F6N2OP. The van der Waals surface area contributed by atoms with E-state index in [-0.39, 0.29) is 6.73 Å². The second-order valence-electron chi connectivity index (χ2n) is 5.74. The van der Waals surface area contributed by atoms with Gasteiger partial charge in [-0.15, -0.1) is 0 Å². The summed E-state index contributed by atoms with van der Waals surface area (Å²) in [5.74, 6) is 0. The van der Waals surface area contributed by atoms with E-state index in [2.05, 4.69) is 11.5 Å². The number of aliphatic hydroxyl groups excluding tert-OH is 1. The van der Waals surface area contributed by atoms with E-state index in [1.807, 2.05) is 18.7 Å². The number of aryl methyl sites for hydroxylation is 1. The Bertz CT molecular complexity index is 449. The number of rotatable bonds is 10. The van der Waals surface area contributed by atoms with Gasteiger partial charge in [0.1, 0.15) is 12.4 Å². The van der Waals surface area contributed by atoms with Crippen molar-refractivity contribution in [2.24, 2.45) is 0 Å². The summed E-state index contributed by atoms with van der Waals surface area (Å²) in [7, 11) is -10.7. The molecule has 0 aliphatic carbocycles. The number of imidazole rings is 1. The van der Waals surface area contributed by atoms with Gasteiger partial charge in [-0.3, -0.25) is 0 Å². The van der Waals surface area contributed by atoms with Crippen LogP contribution in [-0.2, 0) is 13.3 Å². The van der Waals surface area contributed by atoms with Crippen LogP contribution < -0.4 is 4.57 Å². The molecule has 0 aliphatic rings. The van der Waals surface area contributed by atoms with E-state index in [1.165, 1.54) is 51.4 Å². The standard InChI is InChI=1S/C14H27N2O.F6P/c1-2-3-4-5-6-7-8-9-10-15-11-12-16(13-15)14-17;1-7(2,3,4,5)6/h11-13,17H,2-10,14H2,1H3;/q+1;-1. The molecule has 3 nitrogen and oxygen atoms in total. The molecule has 1 N–H and O–H groups in total. The molecule has 24 heavy (non-hydrogen) atoms. The Labute approximate surface area is 138 Å². The Hall–Kier alpha value is -0.820. The quantitative estimate of drug-likeness (QED) is 0.220. The summed E-state index contributed by atoms with van der Waals surface area (Å²) in [4.78, 5) is 0. The Morgan fingerprint density at radius 1 is 0.875 bits per heavy atom. The van der Waals surface area contributed by atoms with E-state index in [4.69, 9.17) is 5.11 Å². The molecule has 1 heterocycles. The molecule has 0 unspecified atom stereocenters. The molecule has 1 aromatic heterocycles. The van der Waals surface area contributed by atoms with Crippen LogP contribution in [0.2, 0.25) is 0 Å². The summed E-state index contributed by atoms with van der Waals surface area (Å²) in [6.45, 7) is 3.40. The fourth-order valence-electron chi connectivity index (χ4n) is 2.08. The maximum atomic E-state index is 9.87. The molecule has 1 rings (SSSR count). The van der Waals surface area contributed by atoms with Crippen molar-refractivity contribution in [1.29, 1.82) is 0 Å². The van der Waals surface area contributed by atoms with E-state index < -0.39 is 7.81 Å². The first-order valence-corrected chi connectivity index (χ1v) is 10.1. The zero-order chi connectivity index (χ0) is 18.8. The zero-order valence-electron chi connectivity index (χ0n) is 13.9. The van der Waals surface area contributed by atoms with Crippen LogP contribution in [0.4, 0.5) is 25.2 Å². The van der Waals surface area contributed by atoms with Gasteiger partial charge in [0.2, 0.25) is 6.33 Å². The summed E-state index contributed by atoms with van der Waals surface area (Å²) in [6.07, 6.45) is 16.8. The van der Waals surface area contributed by atoms with E-state index in [9.17, 15) is 25.2 Å². The first-order valence-electron chi connectivity index (χ1n) is 8.04. The summed E-state index contributed by atoms with van der Waals surface area (Å²) in [5, 5.41) is 8.91. The number of nitrogens with zero attached hydrogens (tertiary/aromatic N) is 2. The van der Waals surface area contributed by atoms with Crippen LogP contribution >= 0.6 is 7.81 Å². The molecule has 0 saturated carbocycles. The van der Waals surface area contributed by atoms with E-state index in [0.717, 1.165) is 6.54 Å². The van der Waals surface area contributed by atoms with Crippen LogP contribution in [0.25, 0.3) is 0 Å². The van der Waals surface area contributed by atoms with Gasteiger partial charge >= 0.3 is 33.0 Å². The molecule has 1 aromatic rings. The Morgan fingerprint density at radius 3 is 1.75 bits per heavy atom. The number of unbranched alkanes of at least 4 members (excludes halogenated alkanes) is 7. The summed E-state index contributed by atoms with van der Waals surface area (Å²) in [5.41, 5.74) is 0. The summed E-state index contributed by atoms with van der Waals surface area (Å²) < 4.78 is 63.1. The Kier molecular flexibility index (Phi) is 8.73. The number of aromatic nitrogens is 2. The first-order chi connectivity index (χ1) is 10.8. The molecule has 0 saturated heterocycles. The minimum atomic E-state index is -10.7. The molecule has 0 spiro atoms.